The topological polar surface area (TPSA) is 132 Å². The van der Waals surface area contributed by atoms with Gasteiger partial charge in [0.2, 0.25) is 0 Å². The molecular formula is C18H19BrN4O5. The van der Waals surface area contributed by atoms with Crippen LogP contribution in [0.15, 0.2) is 33.4 Å². The van der Waals surface area contributed by atoms with Gasteiger partial charge in [-0.05, 0) is 52.7 Å². The summed E-state index contributed by atoms with van der Waals surface area (Å²) in [5, 5.41) is 12.5. The van der Waals surface area contributed by atoms with Crippen molar-refractivity contribution in [2.75, 3.05) is 18.0 Å². The highest BCUT2D eigenvalue weighted by molar-refractivity contribution is 9.10. The van der Waals surface area contributed by atoms with Crippen molar-refractivity contribution < 1.29 is 24.0 Å². The number of amides is 1. The molecule has 3 heterocycles. The van der Waals surface area contributed by atoms with Gasteiger partial charge >= 0.3 is 12.1 Å². The number of primary amides is 1. The van der Waals surface area contributed by atoms with E-state index in [4.69, 9.17) is 20.1 Å². The number of carbonyl (C=O) groups is 2. The molecule has 1 atom stereocenters. The number of nitrogens with zero attached hydrogens (tertiary/aromatic N) is 3. The molecule has 28 heavy (non-hydrogen) atoms. The second kappa shape index (κ2) is 7.08. The van der Waals surface area contributed by atoms with Crippen LogP contribution >= 0.6 is 15.9 Å². The van der Waals surface area contributed by atoms with Crippen LogP contribution in [0.4, 0.5) is 10.6 Å². The van der Waals surface area contributed by atoms with E-state index >= 15 is 0 Å². The van der Waals surface area contributed by atoms with Crippen LogP contribution in [0.5, 0.6) is 0 Å². The van der Waals surface area contributed by atoms with Crippen LogP contribution in [-0.4, -0.2) is 40.4 Å². The maximum Gasteiger partial charge on any atom is 0.405 e. The van der Waals surface area contributed by atoms with Gasteiger partial charge < -0.3 is 25.0 Å². The van der Waals surface area contributed by atoms with Crippen molar-refractivity contribution >= 4 is 33.8 Å². The van der Waals surface area contributed by atoms with Crippen molar-refractivity contribution in [1.29, 1.82) is 0 Å². The minimum Gasteiger partial charge on any atom is -0.476 e. The number of aromatic nitrogens is 2. The Bertz CT molecular complexity index is 894. The Balaban J connectivity index is 1.44. The summed E-state index contributed by atoms with van der Waals surface area (Å²) in [5.74, 6) is -0.0541. The number of hydrogen-bond donors (Lipinski definition) is 2. The van der Waals surface area contributed by atoms with Gasteiger partial charge in [0, 0.05) is 35.7 Å². The maximum atomic E-state index is 11.3. The Morgan fingerprint density at radius 2 is 2.21 bits per heavy atom. The molecule has 1 unspecified atom stereocenters. The smallest absolute Gasteiger partial charge is 0.405 e. The van der Waals surface area contributed by atoms with E-state index in [2.05, 4.69) is 31.0 Å². The van der Waals surface area contributed by atoms with E-state index in [0.717, 1.165) is 42.6 Å². The second-order valence-electron chi connectivity index (χ2n) is 7.45. The largest absolute Gasteiger partial charge is 0.476 e. The van der Waals surface area contributed by atoms with Gasteiger partial charge in [0.15, 0.2) is 17.6 Å². The molecule has 2 aliphatic rings. The molecule has 10 heteroatoms. The van der Waals surface area contributed by atoms with Crippen LogP contribution in [0.25, 0.3) is 0 Å². The van der Waals surface area contributed by atoms with E-state index in [1.165, 1.54) is 6.07 Å². The molecule has 0 aromatic carbocycles. The molecule has 148 valence electrons. The third kappa shape index (κ3) is 3.56. The molecule has 1 spiro atoms. The summed E-state index contributed by atoms with van der Waals surface area (Å²) in [6.07, 6.45) is 2.78. The summed E-state index contributed by atoms with van der Waals surface area (Å²) in [5.41, 5.74) is 5.10. The molecule has 2 aromatic heterocycles. The SMILES string of the molecule is NC(=O)OC(c1cc(C(=O)O)no1)C1CC2(CCN(c3ccc(Br)cn3)C2)C1. The second-order valence-corrected chi connectivity index (χ2v) is 8.37. The Kier molecular flexibility index (Phi) is 4.74. The number of aromatic carboxylic acids is 1. The molecule has 9 nitrogen and oxygen atoms in total. The number of nitrogens with two attached hydrogens (primary N) is 1. The molecule has 1 saturated carbocycles. The standard InChI is InChI=1S/C18H19BrN4O5/c19-11-1-2-14(21-8-11)23-4-3-18(9-23)6-10(7-18)15(27-17(20)26)13-5-12(16(24)25)22-28-13/h1-2,5,8,10,15H,3-4,6-7,9H2,(H2,20,26)(H,24,25). The zero-order valence-corrected chi connectivity index (χ0v) is 16.5. The van der Waals surface area contributed by atoms with E-state index in [0.29, 0.717) is 0 Å². The number of rotatable bonds is 5. The minimum atomic E-state index is -1.20. The summed E-state index contributed by atoms with van der Waals surface area (Å²) in [4.78, 5) is 29.1. The summed E-state index contributed by atoms with van der Waals surface area (Å²) in [7, 11) is 0. The molecule has 1 amide bonds. The van der Waals surface area contributed by atoms with Crippen LogP contribution in [0, 0.1) is 11.3 Å². The molecule has 1 aliphatic heterocycles. The van der Waals surface area contributed by atoms with Crippen molar-refractivity contribution in [3.8, 4) is 0 Å². The first-order valence-electron chi connectivity index (χ1n) is 8.88. The zero-order chi connectivity index (χ0) is 19.9. The third-order valence-electron chi connectivity index (χ3n) is 5.56. The van der Waals surface area contributed by atoms with Crippen LogP contribution in [0.3, 0.4) is 0 Å². The Morgan fingerprint density at radius 1 is 1.43 bits per heavy atom. The number of ether oxygens (including phenoxy) is 1. The molecule has 1 aliphatic carbocycles. The number of carboxylic acids is 1. The molecule has 0 bridgehead atoms. The molecule has 1 saturated heterocycles. The van der Waals surface area contributed by atoms with Gasteiger partial charge in [0.05, 0.1) is 0 Å². The fraction of sp³-hybridized carbons (Fsp3) is 0.444. The lowest BCUT2D eigenvalue weighted by molar-refractivity contribution is -0.0406. The van der Waals surface area contributed by atoms with E-state index in [1.54, 1.807) is 6.20 Å². The maximum absolute atomic E-state index is 11.3. The minimum absolute atomic E-state index is 0.0000723. The van der Waals surface area contributed by atoms with Crippen LogP contribution in [0.1, 0.15) is 41.6 Å². The Morgan fingerprint density at radius 3 is 2.82 bits per heavy atom. The van der Waals surface area contributed by atoms with Crippen LogP contribution in [-0.2, 0) is 4.74 Å². The highest BCUT2D eigenvalue weighted by Gasteiger charge is 2.52. The van der Waals surface area contributed by atoms with E-state index in [-0.39, 0.29) is 22.8 Å². The Hall–Kier alpha value is -2.62. The molecule has 2 fully saturated rings. The van der Waals surface area contributed by atoms with Crippen molar-refractivity contribution in [3.63, 3.8) is 0 Å². The number of pyridine rings is 1. The lowest BCUT2D eigenvalue weighted by Crippen LogP contribution is -2.43. The van der Waals surface area contributed by atoms with Crippen molar-refractivity contribution in [2.24, 2.45) is 17.1 Å². The first-order chi connectivity index (χ1) is 13.3. The van der Waals surface area contributed by atoms with E-state index < -0.39 is 18.2 Å². The van der Waals surface area contributed by atoms with Gasteiger partial charge in [0.1, 0.15) is 5.82 Å². The molecule has 2 aromatic rings. The first-order valence-corrected chi connectivity index (χ1v) is 9.67. The monoisotopic (exact) mass is 450 g/mol. The summed E-state index contributed by atoms with van der Waals surface area (Å²) < 4.78 is 11.3. The summed E-state index contributed by atoms with van der Waals surface area (Å²) in [6.45, 7) is 1.78. The molecule has 4 rings (SSSR count). The predicted octanol–water partition coefficient (Wildman–Crippen LogP) is 2.97. The normalized spacial score (nSPS) is 24.8. The third-order valence-corrected chi connectivity index (χ3v) is 6.03. The van der Waals surface area contributed by atoms with Crippen LogP contribution < -0.4 is 10.6 Å². The van der Waals surface area contributed by atoms with Gasteiger partial charge in [-0.2, -0.15) is 0 Å². The zero-order valence-electron chi connectivity index (χ0n) is 14.9. The summed E-state index contributed by atoms with van der Waals surface area (Å²) in [6, 6.07) is 5.24. The molecular weight excluding hydrogens is 432 g/mol. The van der Waals surface area contributed by atoms with Gasteiger partial charge in [-0.25, -0.2) is 14.6 Å². The Labute approximate surface area is 169 Å². The number of carboxylic acid groups (broad SMARTS) is 1. The fourth-order valence-corrected chi connectivity index (χ4v) is 4.56. The van der Waals surface area contributed by atoms with Gasteiger partial charge in [-0.1, -0.05) is 5.16 Å². The van der Waals surface area contributed by atoms with Gasteiger partial charge in [-0.15, -0.1) is 0 Å². The fourth-order valence-electron chi connectivity index (χ4n) is 4.32. The average molecular weight is 451 g/mol. The van der Waals surface area contributed by atoms with Gasteiger partial charge in [0.25, 0.3) is 0 Å². The molecule has 0 radical (unpaired) electrons. The number of halogens is 1. The van der Waals surface area contributed by atoms with Crippen molar-refractivity contribution in [1.82, 2.24) is 10.1 Å². The lowest BCUT2D eigenvalue weighted by atomic mass is 9.59. The highest BCUT2D eigenvalue weighted by Crippen LogP contribution is 2.56. The number of hydrogen-bond acceptors (Lipinski definition) is 7. The molecule has 3 N–H and O–H groups in total. The quantitative estimate of drug-likeness (QED) is 0.709. The van der Waals surface area contributed by atoms with Crippen molar-refractivity contribution in [3.05, 3.63) is 40.3 Å². The lowest BCUT2D eigenvalue weighted by Gasteiger charge is -2.47. The average Bonchev–Trinajstić information content (AvgIpc) is 3.27. The van der Waals surface area contributed by atoms with Crippen LogP contribution in [0.2, 0.25) is 0 Å². The van der Waals surface area contributed by atoms with E-state index in [1.807, 2.05) is 12.1 Å². The number of anilines is 1. The summed E-state index contributed by atoms with van der Waals surface area (Å²) >= 11 is 3.39. The highest BCUT2D eigenvalue weighted by atomic mass is 79.9. The first kappa shape index (κ1) is 18.7. The van der Waals surface area contributed by atoms with Crippen molar-refractivity contribution in [2.45, 2.75) is 25.4 Å². The van der Waals surface area contributed by atoms with Gasteiger partial charge in [-0.3, -0.25) is 0 Å². The number of carbonyl (C=O) groups excluding carboxylic acids is 1. The van der Waals surface area contributed by atoms with E-state index in [9.17, 15) is 9.59 Å². The predicted molar refractivity (Wildman–Crippen MR) is 101 cm³/mol.